The Balaban J connectivity index is 2.18. The van der Waals surface area contributed by atoms with Crippen LogP contribution in [0, 0.1) is 0 Å². The van der Waals surface area contributed by atoms with E-state index in [1.54, 1.807) is 31.2 Å². The molecule has 1 N–H and O–H groups in total. The average molecular weight is 468 g/mol. The molecule has 0 aliphatic rings. The molecule has 0 radical (unpaired) electrons. The smallest absolute Gasteiger partial charge is 0.335 e. The first-order valence-electron chi connectivity index (χ1n) is 9.96. The number of benzene rings is 2. The van der Waals surface area contributed by atoms with E-state index in [-0.39, 0.29) is 25.0 Å². The van der Waals surface area contributed by atoms with Gasteiger partial charge in [-0.15, -0.1) is 0 Å². The molecule has 31 heavy (non-hydrogen) atoms. The number of carbonyl (C=O) groups is 2. The number of carbonyl (C=O) groups excluding carboxylic acids is 2. The molecule has 0 saturated heterocycles. The van der Waals surface area contributed by atoms with Gasteiger partial charge in [0.1, 0.15) is 5.75 Å². The molecule has 8 heteroatoms. The van der Waals surface area contributed by atoms with E-state index in [1.165, 1.54) is 7.11 Å². The predicted octanol–water partition coefficient (Wildman–Crippen LogP) is 5.08. The second-order valence-corrected chi connectivity index (χ2v) is 7.97. The number of hydrogen-bond donors (Lipinski definition) is 1. The van der Waals surface area contributed by atoms with Gasteiger partial charge in [0.25, 0.3) is 0 Å². The van der Waals surface area contributed by atoms with Crippen molar-refractivity contribution in [1.82, 2.24) is 0 Å². The highest BCUT2D eigenvalue weighted by molar-refractivity contribution is 6.36. The van der Waals surface area contributed by atoms with Crippen molar-refractivity contribution in [3.05, 3.63) is 57.6 Å². The summed E-state index contributed by atoms with van der Waals surface area (Å²) in [6, 6.07) is 10.3. The van der Waals surface area contributed by atoms with Crippen molar-refractivity contribution in [2.75, 3.05) is 19.0 Å². The minimum Gasteiger partial charge on any atom is -0.496 e. The zero-order valence-electron chi connectivity index (χ0n) is 18.0. The molecule has 2 aromatic rings. The summed E-state index contributed by atoms with van der Waals surface area (Å²) in [5.74, 6) is -0.109. The summed E-state index contributed by atoms with van der Waals surface area (Å²) in [4.78, 5) is 24.9. The summed E-state index contributed by atoms with van der Waals surface area (Å²) < 4.78 is 16.3. The van der Waals surface area contributed by atoms with E-state index < -0.39 is 12.1 Å². The van der Waals surface area contributed by atoms with Crippen LogP contribution in [0.2, 0.25) is 10.0 Å². The van der Waals surface area contributed by atoms with Crippen LogP contribution < -0.4 is 10.1 Å². The predicted molar refractivity (Wildman–Crippen MR) is 122 cm³/mol. The average Bonchev–Trinajstić information content (AvgIpc) is 2.69. The Hall–Kier alpha value is -2.28. The number of amides is 1. The third-order valence-electron chi connectivity index (χ3n) is 4.31. The number of methoxy groups -OCH3 is 1. The molecule has 0 heterocycles. The van der Waals surface area contributed by atoms with Gasteiger partial charge in [-0.05, 0) is 50.6 Å². The standard InChI is InChI=1S/C23H27Cl2NO5/c1-5-30-23(28)21(31-14(2)3)11-15-6-9-20(29-4)16(10-15)12-22(27)26-19-8-7-17(24)13-18(19)25/h6-10,13-14,21H,5,11-12H2,1-4H3,(H,26,27). The van der Waals surface area contributed by atoms with Crippen LogP contribution >= 0.6 is 23.2 Å². The summed E-state index contributed by atoms with van der Waals surface area (Å²) in [6.07, 6.45) is -0.492. The van der Waals surface area contributed by atoms with E-state index in [0.29, 0.717) is 33.5 Å². The van der Waals surface area contributed by atoms with Gasteiger partial charge in [-0.3, -0.25) is 4.79 Å². The maximum absolute atomic E-state index is 12.6. The Morgan fingerprint density at radius 1 is 1.10 bits per heavy atom. The van der Waals surface area contributed by atoms with Gasteiger partial charge in [0.2, 0.25) is 5.91 Å². The van der Waals surface area contributed by atoms with E-state index in [1.807, 2.05) is 26.0 Å². The molecule has 1 atom stereocenters. The van der Waals surface area contributed by atoms with Gasteiger partial charge in [0, 0.05) is 17.0 Å². The van der Waals surface area contributed by atoms with E-state index in [4.69, 9.17) is 37.4 Å². The highest BCUT2D eigenvalue weighted by atomic mass is 35.5. The maximum atomic E-state index is 12.6. The molecule has 0 aliphatic heterocycles. The monoisotopic (exact) mass is 467 g/mol. The van der Waals surface area contributed by atoms with Gasteiger partial charge in [-0.1, -0.05) is 35.3 Å². The van der Waals surface area contributed by atoms with Crippen LogP contribution in [-0.4, -0.2) is 37.8 Å². The molecule has 2 rings (SSSR count). The van der Waals surface area contributed by atoms with Crippen LogP contribution in [0.3, 0.4) is 0 Å². The highest BCUT2D eigenvalue weighted by Gasteiger charge is 2.23. The third kappa shape index (κ3) is 7.73. The second-order valence-electron chi connectivity index (χ2n) is 7.12. The topological polar surface area (TPSA) is 73.9 Å². The number of nitrogens with one attached hydrogen (secondary N) is 1. The summed E-state index contributed by atoms with van der Waals surface area (Å²) >= 11 is 12.0. The molecule has 2 aromatic carbocycles. The molecule has 6 nitrogen and oxygen atoms in total. The zero-order chi connectivity index (χ0) is 23.0. The number of ether oxygens (including phenoxy) is 3. The molecular weight excluding hydrogens is 441 g/mol. The van der Waals surface area contributed by atoms with Crippen molar-refractivity contribution in [2.45, 2.75) is 45.8 Å². The Morgan fingerprint density at radius 3 is 2.45 bits per heavy atom. The Morgan fingerprint density at radius 2 is 1.84 bits per heavy atom. The summed E-state index contributed by atoms with van der Waals surface area (Å²) in [5, 5.41) is 3.61. The second kappa shape index (κ2) is 11.9. The number of hydrogen-bond acceptors (Lipinski definition) is 5. The van der Waals surface area contributed by atoms with Gasteiger partial charge in [-0.25, -0.2) is 4.79 Å². The quantitative estimate of drug-likeness (QED) is 0.493. The van der Waals surface area contributed by atoms with E-state index >= 15 is 0 Å². The van der Waals surface area contributed by atoms with E-state index in [0.717, 1.165) is 5.56 Å². The zero-order valence-corrected chi connectivity index (χ0v) is 19.5. The summed E-state index contributed by atoms with van der Waals surface area (Å²) in [6.45, 7) is 5.75. The fourth-order valence-electron chi connectivity index (χ4n) is 3.02. The van der Waals surface area contributed by atoms with Gasteiger partial charge < -0.3 is 19.5 Å². The number of halogens is 2. The SMILES string of the molecule is CCOC(=O)C(Cc1ccc(OC)c(CC(=O)Nc2ccc(Cl)cc2Cl)c1)OC(C)C. The summed E-state index contributed by atoms with van der Waals surface area (Å²) in [5.41, 5.74) is 1.97. The third-order valence-corrected chi connectivity index (χ3v) is 4.86. The lowest BCUT2D eigenvalue weighted by Gasteiger charge is -2.20. The number of rotatable bonds is 10. The fraction of sp³-hybridized carbons (Fsp3) is 0.391. The van der Waals surface area contributed by atoms with Gasteiger partial charge in [0.15, 0.2) is 6.10 Å². The molecule has 1 amide bonds. The lowest BCUT2D eigenvalue weighted by molar-refractivity contribution is -0.159. The first-order chi connectivity index (χ1) is 14.7. The van der Waals surface area contributed by atoms with Crippen molar-refractivity contribution in [1.29, 1.82) is 0 Å². The molecular formula is C23H27Cl2NO5. The Bertz CT molecular complexity index is 917. The molecule has 1 unspecified atom stereocenters. The summed E-state index contributed by atoms with van der Waals surface area (Å²) in [7, 11) is 1.54. The number of esters is 1. The minimum atomic E-state index is -0.733. The minimum absolute atomic E-state index is 0.0606. The molecule has 0 spiro atoms. The lowest BCUT2D eigenvalue weighted by Crippen LogP contribution is -2.31. The molecule has 0 aliphatic carbocycles. The molecule has 0 bridgehead atoms. The van der Waals surface area contributed by atoms with Crippen molar-refractivity contribution in [3.63, 3.8) is 0 Å². The Kier molecular flexibility index (Phi) is 9.62. The van der Waals surface area contributed by atoms with Gasteiger partial charge in [0.05, 0.1) is 37.0 Å². The fourth-order valence-corrected chi connectivity index (χ4v) is 3.48. The maximum Gasteiger partial charge on any atom is 0.335 e. The van der Waals surface area contributed by atoms with Crippen LogP contribution in [-0.2, 0) is 31.9 Å². The van der Waals surface area contributed by atoms with Crippen LogP contribution in [0.1, 0.15) is 31.9 Å². The largest absolute Gasteiger partial charge is 0.496 e. The van der Waals surface area contributed by atoms with Gasteiger partial charge >= 0.3 is 5.97 Å². The van der Waals surface area contributed by atoms with Crippen LogP contribution in [0.4, 0.5) is 5.69 Å². The normalized spacial score (nSPS) is 11.8. The van der Waals surface area contributed by atoms with Crippen molar-refractivity contribution in [2.24, 2.45) is 0 Å². The van der Waals surface area contributed by atoms with Crippen LogP contribution in [0.5, 0.6) is 5.75 Å². The first kappa shape index (κ1) is 25.0. The van der Waals surface area contributed by atoms with E-state index in [2.05, 4.69) is 5.32 Å². The van der Waals surface area contributed by atoms with Crippen molar-refractivity contribution >= 4 is 40.8 Å². The first-order valence-corrected chi connectivity index (χ1v) is 10.7. The molecule has 0 aromatic heterocycles. The lowest BCUT2D eigenvalue weighted by atomic mass is 10.0. The van der Waals surface area contributed by atoms with Crippen molar-refractivity contribution < 1.29 is 23.8 Å². The number of anilines is 1. The molecule has 0 saturated carbocycles. The van der Waals surface area contributed by atoms with Gasteiger partial charge in [-0.2, -0.15) is 0 Å². The Labute approximate surface area is 192 Å². The van der Waals surface area contributed by atoms with Crippen molar-refractivity contribution in [3.8, 4) is 5.75 Å². The highest BCUT2D eigenvalue weighted by Crippen LogP contribution is 2.27. The van der Waals surface area contributed by atoms with Crippen LogP contribution in [0.25, 0.3) is 0 Å². The van der Waals surface area contributed by atoms with Crippen LogP contribution in [0.15, 0.2) is 36.4 Å². The van der Waals surface area contributed by atoms with E-state index in [9.17, 15) is 9.59 Å². The molecule has 168 valence electrons. The molecule has 0 fully saturated rings.